The first kappa shape index (κ1) is 13.0. The van der Waals surface area contributed by atoms with Crippen LogP contribution in [0.15, 0.2) is 30.3 Å². The van der Waals surface area contributed by atoms with Crippen LogP contribution in [0.3, 0.4) is 0 Å². The maximum absolute atomic E-state index is 3.89. The number of hydrogen-bond donors (Lipinski definition) is 1. The SMILES string of the molecule is CC1CCC(NC2CCN(c3ccccc3)CC2)C1. The minimum absolute atomic E-state index is 0.746. The van der Waals surface area contributed by atoms with Crippen LogP contribution in [0, 0.1) is 5.92 Å². The third kappa shape index (κ3) is 3.30. The van der Waals surface area contributed by atoms with Crippen LogP contribution in [0.4, 0.5) is 5.69 Å². The summed E-state index contributed by atoms with van der Waals surface area (Å²) in [5.41, 5.74) is 1.38. The summed E-state index contributed by atoms with van der Waals surface area (Å²) in [4.78, 5) is 2.52. The van der Waals surface area contributed by atoms with Crippen LogP contribution in [-0.2, 0) is 0 Å². The van der Waals surface area contributed by atoms with E-state index in [0.717, 1.165) is 18.0 Å². The molecule has 1 aliphatic carbocycles. The Bertz CT molecular complexity index is 382. The van der Waals surface area contributed by atoms with Crippen molar-refractivity contribution in [2.24, 2.45) is 5.92 Å². The summed E-state index contributed by atoms with van der Waals surface area (Å²) >= 11 is 0. The van der Waals surface area contributed by atoms with Crippen molar-refractivity contribution in [2.75, 3.05) is 18.0 Å². The molecule has 2 unspecified atom stereocenters. The molecule has 3 rings (SSSR count). The van der Waals surface area contributed by atoms with Crippen molar-refractivity contribution in [3.05, 3.63) is 30.3 Å². The maximum atomic E-state index is 3.89. The van der Waals surface area contributed by atoms with Gasteiger partial charge in [-0.3, -0.25) is 0 Å². The first-order chi connectivity index (χ1) is 9.31. The lowest BCUT2D eigenvalue weighted by atomic mass is 10.0. The third-order valence-corrected chi connectivity index (χ3v) is 4.78. The van der Waals surface area contributed by atoms with Gasteiger partial charge in [-0.1, -0.05) is 25.1 Å². The zero-order valence-electron chi connectivity index (χ0n) is 12.0. The van der Waals surface area contributed by atoms with E-state index in [4.69, 9.17) is 0 Å². The Balaban J connectivity index is 1.47. The molecule has 1 aliphatic heterocycles. The largest absolute Gasteiger partial charge is 0.371 e. The molecule has 0 radical (unpaired) electrons. The van der Waals surface area contributed by atoms with Crippen molar-refractivity contribution < 1.29 is 0 Å². The van der Waals surface area contributed by atoms with Gasteiger partial charge >= 0.3 is 0 Å². The Morgan fingerprint density at radius 2 is 1.68 bits per heavy atom. The number of rotatable bonds is 3. The molecule has 1 aromatic carbocycles. The third-order valence-electron chi connectivity index (χ3n) is 4.78. The van der Waals surface area contributed by atoms with E-state index in [-0.39, 0.29) is 0 Å². The van der Waals surface area contributed by atoms with Crippen molar-refractivity contribution in [1.29, 1.82) is 0 Å². The Morgan fingerprint density at radius 3 is 2.32 bits per heavy atom. The smallest absolute Gasteiger partial charge is 0.0366 e. The van der Waals surface area contributed by atoms with Gasteiger partial charge in [0, 0.05) is 30.9 Å². The lowest BCUT2D eigenvalue weighted by Crippen LogP contribution is -2.45. The van der Waals surface area contributed by atoms with Gasteiger partial charge in [0.05, 0.1) is 0 Å². The van der Waals surface area contributed by atoms with E-state index in [0.29, 0.717) is 0 Å². The first-order valence-electron chi connectivity index (χ1n) is 7.87. The van der Waals surface area contributed by atoms with E-state index in [1.54, 1.807) is 0 Å². The summed E-state index contributed by atoms with van der Waals surface area (Å²) in [5.74, 6) is 0.932. The van der Waals surface area contributed by atoms with Crippen LogP contribution in [-0.4, -0.2) is 25.2 Å². The fourth-order valence-corrected chi connectivity index (χ4v) is 3.63. The number of benzene rings is 1. The van der Waals surface area contributed by atoms with Crippen LogP contribution in [0.1, 0.15) is 39.0 Å². The van der Waals surface area contributed by atoms with Crippen molar-refractivity contribution in [2.45, 2.75) is 51.1 Å². The Hall–Kier alpha value is -1.02. The summed E-state index contributed by atoms with van der Waals surface area (Å²) in [6.07, 6.45) is 6.78. The van der Waals surface area contributed by atoms with Crippen molar-refractivity contribution in [3.63, 3.8) is 0 Å². The van der Waals surface area contributed by atoms with Gasteiger partial charge in [0.1, 0.15) is 0 Å². The van der Waals surface area contributed by atoms with Crippen LogP contribution in [0.5, 0.6) is 0 Å². The van der Waals surface area contributed by atoms with E-state index in [9.17, 15) is 0 Å². The summed E-state index contributed by atoms with van der Waals surface area (Å²) < 4.78 is 0. The van der Waals surface area contributed by atoms with Crippen molar-refractivity contribution >= 4 is 5.69 Å². The molecule has 1 saturated heterocycles. The summed E-state index contributed by atoms with van der Waals surface area (Å²) in [6.45, 7) is 4.79. The van der Waals surface area contributed by atoms with Crippen molar-refractivity contribution in [3.8, 4) is 0 Å². The van der Waals surface area contributed by atoms with Gasteiger partial charge in [-0.2, -0.15) is 0 Å². The standard InChI is InChI=1S/C17H26N2/c1-14-7-8-16(13-14)18-15-9-11-19(12-10-15)17-5-3-2-4-6-17/h2-6,14-16,18H,7-13H2,1H3. The summed E-state index contributed by atoms with van der Waals surface area (Å²) in [7, 11) is 0. The average molecular weight is 258 g/mol. The number of nitrogens with zero attached hydrogens (tertiary/aromatic N) is 1. The molecule has 2 nitrogen and oxygen atoms in total. The predicted molar refractivity (Wildman–Crippen MR) is 81.6 cm³/mol. The molecule has 2 heteroatoms. The van der Waals surface area contributed by atoms with Gasteiger partial charge in [-0.25, -0.2) is 0 Å². The Morgan fingerprint density at radius 1 is 0.947 bits per heavy atom. The molecule has 2 aliphatic rings. The molecule has 104 valence electrons. The highest BCUT2D eigenvalue weighted by atomic mass is 15.1. The lowest BCUT2D eigenvalue weighted by Gasteiger charge is -2.35. The monoisotopic (exact) mass is 258 g/mol. The number of hydrogen-bond acceptors (Lipinski definition) is 2. The quantitative estimate of drug-likeness (QED) is 0.893. The van der Waals surface area contributed by atoms with E-state index in [1.165, 1.54) is 50.9 Å². The van der Waals surface area contributed by atoms with Gasteiger partial charge in [-0.05, 0) is 50.2 Å². The van der Waals surface area contributed by atoms with E-state index >= 15 is 0 Å². The number of nitrogens with one attached hydrogen (secondary N) is 1. The second kappa shape index (κ2) is 5.96. The molecule has 2 fully saturated rings. The molecule has 1 N–H and O–H groups in total. The van der Waals surface area contributed by atoms with Gasteiger partial charge in [-0.15, -0.1) is 0 Å². The van der Waals surface area contributed by atoms with Crippen molar-refractivity contribution in [1.82, 2.24) is 5.32 Å². The van der Waals surface area contributed by atoms with Gasteiger partial charge in [0.2, 0.25) is 0 Å². The highest BCUT2D eigenvalue weighted by molar-refractivity contribution is 5.46. The zero-order valence-corrected chi connectivity index (χ0v) is 12.0. The molecule has 19 heavy (non-hydrogen) atoms. The zero-order chi connectivity index (χ0) is 13.1. The number of para-hydroxylation sites is 1. The van der Waals surface area contributed by atoms with Crippen LogP contribution in [0.2, 0.25) is 0 Å². The molecule has 0 aromatic heterocycles. The molecule has 1 heterocycles. The minimum atomic E-state index is 0.746. The summed E-state index contributed by atoms with van der Waals surface area (Å²) in [6, 6.07) is 12.4. The first-order valence-corrected chi connectivity index (χ1v) is 7.87. The highest BCUT2D eigenvalue weighted by Crippen LogP contribution is 2.26. The van der Waals surface area contributed by atoms with Crippen LogP contribution in [0.25, 0.3) is 0 Å². The number of anilines is 1. The maximum Gasteiger partial charge on any atom is 0.0366 e. The fraction of sp³-hybridized carbons (Fsp3) is 0.647. The normalized spacial score (nSPS) is 28.8. The molecule has 0 bridgehead atoms. The highest BCUT2D eigenvalue weighted by Gasteiger charge is 2.26. The number of piperidine rings is 1. The van der Waals surface area contributed by atoms with Crippen LogP contribution < -0.4 is 10.2 Å². The molecular weight excluding hydrogens is 232 g/mol. The van der Waals surface area contributed by atoms with Gasteiger partial charge < -0.3 is 10.2 Å². The Labute approximate surface area is 117 Å². The van der Waals surface area contributed by atoms with E-state index in [2.05, 4.69) is 47.5 Å². The Kier molecular flexibility index (Phi) is 4.07. The second-order valence-corrected chi connectivity index (χ2v) is 6.38. The second-order valence-electron chi connectivity index (χ2n) is 6.38. The summed E-state index contributed by atoms with van der Waals surface area (Å²) in [5, 5.41) is 3.89. The molecular formula is C17H26N2. The molecule has 1 aromatic rings. The van der Waals surface area contributed by atoms with Crippen LogP contribution >= 0.6 is 0 Å². The van der Waals surface area contributed by atoms with Gasteiger partial charge in [0.25, 0.3) is 0 Å². The van der Waals surface area contributed by atoms with Gasteiger partial charge in [0.15, 0.2) is 0 Å². The lowest BCUT2D eigenvalue weighted by molar-refractivity contribution is 0.363. The molecule has 0 amide bonds. The van der Waals surface area contributed by atoms with E-state index in [1.807, 2.05) is 0 Å². The predicted octanol–water partition coefficient (Wildman–Crippen LogP) is 3.43. The minimum Gasteiger partial charge on any atom is -0.371 e. The average Bonchev–Trinajstić information content (AvgIpc) is 2.86. The molecule has 1 saturated carbocycles. The topological polar surface area (TPSA) is 15.3 Å². The van der Waals surface area contributed by atoms with E-state index < -0.39 is 0 Å². The molecule has 2 atom stereocenters. The molecule has 0 spiro atoms. The fourth-order valence-electron chi connectivity index (χ4n) is 3.63.